The number of nitrogens with one attached hydrogen (secondary N) is 2. The Hall–Kier alpha value is -2.71. The van der Waals surface area contributed by atoms with E-state index in [1.165, 1.54) is 12.4 Å². The van der Waals surface area contributed by atoms with E-state index >= 15 is 0 Å². The Kier molecular flexibility index (Phi) is 5.98. The molecule has 28 heavy (non-hydrogen) atoms. The van der Waals surface area contributed by atoms with Gasteiger partial charge in [-0.05, 0) is 25.0 Å². The molecule has 2 aromatic rings. The van der Waals surface area contributed by atoms with Crippen LogP contribution >= 0.6 is 0 Å². The van der Waals surface area contributed by atoms with Crippen LogP contribution in [-0.4, -0.2) is 61.4 Å². The fourth-order valence-corrected chi connectivity index (χ4v) is 3.40. The van der Waals surface area contributed by atoms with Crippen LogP contribution in [0.5, 0.6) is 0 Å². The van der Waals surface area contributed by atoms with E-state index in [0.29, 0.717) is 31.3 Å². The molecule has 2 aliphatic rings. The van der Waals surface area contributed by atoms with Crippen LogP contribution in [0, 0.1) is 0 Å². The van der Waals surface area contributed by atoms with Gasteiger partial charge in [0.15, 0.2) is 0 Å². The number of carbonyl (C=O) groups excluding carboxylic acids is 1. The van der Waals surface area contributed by atoms with Gasteiger partial charge in [0.1, 0.15) is 0 Å². The second kappa shape index (κ2) is 8.99. The predicted molar refractivity (Wildman–Crippen MR) is 107 cm³/mol. The minimum atomic E-state index is -0.230. The van der Waals surface area contributed by atoms with E-state index in [9.17, 15) is 4.79 Å². The normalized spacial score (nSPS) is 19.4. The summed E-state index contributed by atoms with van der Waals surface area (Å²) in [4.78, 5) is 23.4. The molecule has 2 saturated heterocycles. The predicted octanol–water partition coefficient (Wildman–Crippen LogP) is 2.16. The van der Waals surface area contributed by atoms with Gasteiger partial charge in [0.05, 0.1) is 36.3 Å². The van der Waals surface area contributed by atoms with Crippen molar-refractivity contribution >= 4 is 23.2 Å². The Morgan fingerprint density at radius 2 is 1.93 bits per heavy atom. The maximum absolute atomic E-state index is 12.7. The lowest BCUT2D eigenvalue weighted by Crippen LogP contribution is -2.36. The molecule has 1 unspecified atom stereocenters. The van der Waals surface area contributed by atoms with E-state index in [-0.39, 0.29) is 12.0 Å². The van der Waals surface area contributed by atoms with Gasteiger partial charge in [-0.15, -0.1) is 0 Å². The van der Waals surface area contributed by atoms with Crippen molar-refractivity contribution in [2.45, 2.75) is 18.9 Å². The fourth-order valence-electron chi connectivity index (χ4n) is 3.40. The maximum atomic E-state index is 12.7. The highest BCUT2D eigenvalue weighted by atomic mass is 16.5. The summed E-state index contributed by atoms with van der Waals surface area (Å²) in [6.07, 6.45) is 5.44. The number of benzene rings is 1. The lowest BCUT2D eigenvalue weighted by molar-refractivity contribution is 0.102. The largest absolute Gasteiger partial charge is 0.378 e. The van der Waals surface area contributed by atoms with E-state index in [4.69, 9.17) is 9.47 Å². The molecular formula is C20H25N5O3. The standard InChI is InChI=1S/C20H25N5O3/c26-19(15-12-21-20(22-13-15)23-14-16-4-3-9-28-16)24-17-5-1-2-6-18(17)25-7-10-27-11-8-25/h1-2,5-6,12-13,16H,3-4,7-11,14H2,(H,24,26)(H,21,22,23). The Balaban J connectivity index is 1.38. The molecule has 1 atom stereocenters. The summed E-state index contributed by atoms with van der Waals surface area (Å²) in [7, 11) is 0. The van der Waals surface area contributed by atoms with E-state index in [2.05, 4.69) is 25.5 Å². The van der Waals surface area contributed by atoms with Crippen LogP contribution in [0.15, 0.2) is 36.7 Å². The highest BCUT2D eigenvalue weighted by molar-refractivity contribution is 6.05. The average Bonchev–Trinajstić information content (AvgIpc) is 3.27. The number of para-hydroxylation sites is 2. The molecule has 0 bridgehead atoms. The van der Waals surface area contributed by atoms with Crippen molar-refractivity contribution in [1.82, 2.24) is 9.97 Å². The first-order chi connectivity index (χ1) is 13.8. The summed E-state index contributed by atoms with van der Waals surface area (Å²) >= 11 is 0. The number of ether oxygens (including phenoxy) is 2. The Morgan fingerprint density at radius 1 is 1.14 bits per heavy atom. The third-order valence-electron chi connectivity index (χ3n) is 4.93. The van der Waals surface area contributed by atoms with Crippen molar-refractivity contribution in [2.24, 2.45) is 0 Å². The van der Waals surface area contributed by atoms with Gasteiger partial charge in [-0.2, -0.15) is 0 Å². The van der Waals surface area contributed by atoms with Crippen molar-refractivity contribution < 1.29 is 14.3 Å². The van der Waals surface area contributed by atoms with Crippen LogP contribution in [0.2, 0.25) is 0 Å². The van der Waals surface area contributed by atoms with E-state index < -0.39 is 0 Å². The third kappa shape index (κ3) is 4.58. The van der Waals surface area contributed by atoms with E-state index in [1.807, 2.05) is 24.3 Å². The quantitative estimate of drug-likeness (QED) is 0.790. The molecule has 2 fully saturated rings. The lowest BCUT2D eigenvalue weighted by atomic mass is 10.2. The van der Waals surface area contributed by atoms with E-state index in [1.54, 1.807) is 0 Å². The minimum Gasteiger partial charge on any atom is -0.378 e. The van der Waals surface area contributed by atoms with Gasteiger partial charge < -0.3 is 25.0 Å². The number of anilines is 3. The highest BCUT2D eigenvalue weighted by Crippen LogP contribution is 2.26. The van der Waals surface area contributed by atoms with Crippen LogP contribution in [0.3, 0.4) is 0 Å². The van der Waals surface area contributed by atoms with Gasteiger partial charge in [-0.3, -0.25) is 4.79 Å². The molecule has 1 aromatic heterocycles. The average molecular weight is 383 g/mol. The highest BCUT2D eigenvalue weighted by Gasteiger charge is 2.17. The van der Waals surface area contributed by atoms with Gasteiger partial charge >= 0.3 is 0 Å². The van der Waals surface area contributed by atoms with Crippen LogP contribution in [0.4, 0.5) is 17.3 Å². The van der Waals surface area contributed by atoms with Crippen LogP contribution in [0.25, 0.3) is 0 Å². The summed E-state index contributed by atoms with van der Waals surface area (Å²) < 4.78 is 11.0. The molecule has 1 aromatic carbocycles. The molecule has 1 amide bonds. The molecule has 0 spiro atoms. The number of morpholine rings is 1. The molecule has 4 rings (SSSR count). The summed E-state index contributed by atoms with van der Waals surface area (Å²) in [6.45, 7) is 4.49. The molecular weight excluding hydrogens is 358 g/mol. The molecule has 148 valence electrons. The zero-order chi connectivity index (χ0) is 19.2. The van der Waals surface area contributed by atoms with Crippen molar-refractivity contribution in [2.75, 3.05) is 55.0 Å². The first kappa shape index (κ1) is 18.6. The minimum absolute atomic E-state index is 0.211. The summed E-state index contributed by atoms with van der Waals surface area (Å²) in [5.41, 5.74) is 2.18. The molecule has 2 N–H and O–H groups in total. The Labute approximate surface area is 164 Å². The maximum Gasteiger partial charge on any atom is 0.258 e. The number of carbonyl (C=O) groups is 1. The van der Waals surface area contributed by atoms with Crippen LogP contribution < -0.4 is 15.5 Å². The summed E-state index contributed by atoms with van der Waals surface area (Å²) in [5, 5.41) is 6.14. The first-order valence-electron chi connectivity index (χ1n) is 9.70. The number of hydrogen-bond acceptors (Lipinski definition) is 7. The van der Waals surface area contributed by atoms with Crippen molar-refractivity contribution in [3.63, 3.8) is 0 Å². The number of rotatable bonds is 6. The van der Waals surface area contributed by atoms with Gasteiger partial charge in [-0.1, -0.05) is 12.1 Å². The fraction of sp³-hybridized carbons (Fsp3) is 0.450. The number of aromatic nitrogens is 2. The summed E-state index contributed by atoms with van der Waals surface area (Å²) in [6, 6.07) is 7.79. The molecule has 0 saturated carbocycles. The third-order valence-corrected chi connectivity index (χ3v) is 4.93. The molecule has 8 nitrogen and oxygen atoms in total. The van der Waals surface area contributed by atoms with Gasteiger partial charge in [0, 0.05) is 38.6 Å². The van der Waals surface area contributed by atoms with Gasteiger partial charge in [-0.25, -0.2) is 9.97 Å². The number of amides is 1. The second-order valence-corrected chi connectivity index (χ2v) is 6.88. The molecule has 3 heterocycles. The van der Waals surface area contributed by atoms with E-state index in [0.717, 1.165) is 43.9 Å². The van der Waals surface area contributed by atoms with Crippen molar-refractivity contribution in [3.8, 4) is 0 Å². The summed E-state index contributed by atoms with van der Waals surface area (Å²) in [5.74, 6) is 0.271. The van der Waals surface area contributed by atoms with Crippen LogP contribution in [-0.2, 0) is 9.47 Å². The van der Waals surface area contributed by atoms with Gasteiger partial charge in [0.2, 0.25) is 5.95 Å². The molecule has 2 aliphatic heterocycles. The zero-order valence-electron chi connectivity index (χ0n) is 15.8. The smallest absolute Gasteiger partial charge is 0.258 e. The number of nitrogens with zero attached hydrogens (tertiary/aromatic N) is 3. The molecule has 8 heteroatoms. The van der Waals surface area contributed by atoms with Crippen molar-refractivity contribution in [3.05, 3.63) is 42.2 Å². The SMILES string of the molecule is O=C(Nc1ccccc1N1CCOCC1)c1cnc(NCC2CCCO2)nc1. The Morgan fingerprint density at radius 3 is 2.68 bits per heavy atom. The topological polar surface area (TPSA) is 88.6 Å². The van der Waals surface area contributed by atoms with Crippen LogP contribution in [0.1, 0.15) is 23.2 Å². The number of hydrogen-bond donors (Lipinski definition) is 2. The second-order valence-electron chi connectivity index (χ2n) is 6.88. The first-order valence-corrected chi connectivity index (χ1v) is 9.70. The Bertz CT molecular complexity index is 787. The molecule has 0 aliphatic carbocycles. The zero-order valence-corrected chi connectivity index (χ0v) is 15.8. The van der Waals surface area contributed by atoms with Gasteiger partial charge in [0.25, 0.3) is 5.91 Å². The lowest BCUT2D eigenvalue weighted by Gasteiger charge is -2.30. The van der Waals surface area contributed by atoms with Crippen molar-refractivity contribution in [1.29, 1.82) is 0 Å². The monoisotopic (exact) mass is 383 g/mol. The molecule has 0 radical (unpaired) electrons.